The first-order valence-electron chi connectivity index (χ1n) is 4.35. The van der Waals surface area contributed by atoms with Crippen LogP contribution in [0.2, 0.25) is 0 Å². The molecule has 0 unspecified atom stereocenters. The van der Waals surface area contributed by atoms with Crippen LogP contribution in [0.15, 0.2) is 27.5 Å². The highest BCUT2D eigenvalue weighted by molar-refractivity contribution is 14.1. The molecule has 1 aromatic carbocycles. The van der Waals surface area contributed by atoms with Crippen molar-refractivity contribution >= 4 is 49.7 Å². The van der Waals surface area contributed by atoms with Crippen LogP contribution in [0.25, 0.3) is 10.9 Å². The number of aliphatic hydroxyl groups excluding tert-OH is 1. The summed E-state index contributed by atoms with van der Waals surface area (Å²) in [6.45, 7) is -0.287. The van der Waals surface area contributed by atoms with Crippen LogP contribution in [0.1, 0.15) is 5.56 Å². The lowest BCUT2D eigenvalue weighted by Gasteiger charge is -2.08. The van der Waals surface area contributed by atoms with Gasteiger partial charge in [-0.25, -0.2) is 7.17 Å². The number of aliphatic hydroxyl groups is 1. The molecule has 0 fully saturated rings. The summed E-state index contributed by atoms with van der Waals surface area (Å²) >= 11 is 4.91. The summed E-state index contributed by atoms with van der Waals surface area (Å²) in [5.74, 6) is -0.419. The molecule has 0 bridgehead atoms. The van der Waals surface area contributed by atoms with Gasteiger partial charge in [-0.2, -0.15) is 0 Å². The maximum Gasteiger partial charge on any atom is 0.260 e. The van der Waals surface area contributed by atoms with E-state index in [2.05, 4.69) is 15.9 Å². The van der Waals surface area contributed by atoms with E-state index in [4.69, 9.17) is 5.11 Å². The van der Waals surface area contributed by atoms with Crippen molar-refractivity contribution in [1.29, 1.82) is 0 Å². The number of rotatable bonds is 1. The lowest BCUT2D eigenvalue weighted by atomic mass is 10.1. The van der Waals surface area contributed by atoms with Crippen LogP contribution in [0.3, 0.4) is 0 Å². The summed E-state index contributed by atoms with van der Waals surface area (Å²) in [4.78, 5) is 11.5. The van der Waals surface area contributed by atoms with Gasteiger partial charge in [0.1, 0.15) is 5.82 Å². The molecule has 0 atom stereocenters. The van der Waals surface area contributed by atoms with Gasteiger partial charge in [0.05, 0.1) is 39.5 Å². The van der Waals surface area contributed by atoms with Gasteiger partial charge in [0, 0.05) is 11.5 Å². The Kier molecular flexibility index (Phi) is 3.32. The third-order valence-corrected chi connectivity index (χ3v) is 3.86. The SMILES string of the molecule is O=c1cc(CO)c2cc(F)c(Br)cc2n1I. The standard InChI is InChI=1S/C10H6BrFINO2/c11-7-3-9-6(2-8(7)12)5(4-15)1-10(16)14(9)13/h1-3,15H,4H2. The Bertz CT molecular complexity index is 626. The molecular formula is C10H6BrFINO2. The molecular weight excluding hydrogens is 392 g/mol. The van der Waals surface area contributed by atoms with E-state index in [0.717, 1.165) is 0 Å². The first-order chi connectivity index (χ1) is 7.54. The molecule has 1 heterocycles. The quantitative estimate of drug-likeness (QED) is 0.751. The maximum absolute atomic E-state index is 13.4. The van der Waals surface area contributed by atoms with E-state index < -0.39 is 5.82 Å². The summed E-state index contributed by atoms with van der Waals surface area (Å²) in [6, 6.07) is 4.14. The molecule has 84 valence electrons. The lowest BCUT2D eigenvalue weighted by molar-refractivity contribution is 0.283. The molecule has 0 spiro atoms. The summed E-state index contributed by atoms with van der Waals surface area (Å²) in [5.41, 5.74) is 0.764. The minimum absolute atomic E-state index is 0.240. The molecule has 0 aliphatic carbocycles. The first-order valence-corrected chi connectivity index (χ1v) is 6.11. The van der Waals surface area contributed by atoms with Crippen LogP contribution in [-0.4, -0.2) is 7.89 Å². The Balaban J connectivity index is 2.99. The number of pyridine rings is 1. The second kappa shape index (κ2) is 4.42. The van der Waals surface area contributed by atoms with Crippen LogP contribution in [0, 0.1) is 5.82 Å². The van der Waals surface area contributed by atoms with Gasteiger partial charge in [-0.3, -0.25) is 4.79 Å². The Morgan fingerprint density at radius 1 is 1.44 bits per heavy atom. The molecule has 0 radical (unpaired) electrons. The average molecular weight is 398 g/mol. The molecule has 0 saturated carbocycles. The predicted molar refractivity (Wildman–Crippen MR) is 71.2 cm³/mol. The van der Waals surface area contributed by atoms with Crippen LogP contribution in [-0.2, 0) is 6.61 Å². The monoisotopic (exact) mass is 397 g/mol. The topological polar surface area (TPSA) is 42.2 Å². The predicted octanol–water partition coefficient (Wildman–Crippen LogP) is 2.59. The van der Waals surface area contributed by atoms with Gasteiger partial charge in [-0.05, 0) is 33.6 Å². The average Bonchev–Trinajstić information content (AvgIpc) is 2.26. The van der Waals surface area contributed by atoms with Crippen molar-refractivity contribution in [1.82, 2.24) is 2.78 Å². The Morgan fingerprint density at radius 2 is 2.12 bits per heavy atom. The van der Waals surface area contributed by atoms with E-state index in [0.29, 0.717) is 20.9 Å². The highest BCUT2D eigenvalue weighted by Gasteiger charge is 2.10. The fourth-order valence-electron chi connectivity index (χ4n) is 1.49. The number of halogens is 3. The molecule has 6 heteroatoms. The zero-order valence-corrected chi connectivity index (χ0v) is 11.6. The van der Waals surface area contributed by atoms with Gasteiger partial charge in [-0.1, -0.05) is 0 Å². The molecule has 16 heavy (non-hydrogen) atoms. The molecule has 2 rings (SSSR count). The lowest BCUT2D eigenvalue weighted by Crippen LogP contribution is -2.13. The van der Waals surface area contributed by atoms with Crippen molar-refractivity contribution in [3.8, 4) is 0 Å². The van der Waals surface area contributed by atoms with E-state index in [1.807, 2.05) is 22.9 Å². The number of hydrogen-bond acceptors (Lipinski definition) is 2. The molecule has 0 aliphatic heterocycles. The zero-order chi connectivity index (χ0) is 11.9. The highest BCUT2D eigenvalue weighted by Crippen LogP contribution is 2.25. The minimum Gasteiger partial charge on any atom is -0.392 e. The van der Waals surface area contributed by atoms with Crippen molar-refractivity contribution in [2.75, 3.05) is 0 Å². The number of fused-ring (bicyclic) bond motifs is 1. The Morgan fingerprint density at radius 3 is 2.75 bits per heavy atom. The van der Waals surface area contributed by atoms with E-state index >= 15 is 0 Å². The molecule has 3 nitrogen and oxygen atoms in total. The van der Waals surface area contributed by atoms with E-state index in [-0.39, 0.29) is 12.2 Å². The van der Waals surface area contributed by atoms with E-state index in [1.54, 1.807) is 0 Å². The molecule has 1 aromatic heterocycles. The summed E-state index contributed by atoms with van der Waals surface area (Å²) in [6.07, 6.45) is 0. The van der Waals surface area contributed by atoms with Gasteiger partial charge >= 0.3 is 0 Å². The Hall–Kier alpha value is -0.470. The number of benzene rings is 1. The largest absolute Gasteiger partial charge is 0.392 e. The second-order valence-electron chi connectivity index (χ2n) is 3.23. The smallest absolute Gasteiger partial charge is 0.260 e. The van der Waals surface area contributed by atoms with Crippen molar-refractivity contribution < 1.29 is 9.50 Å². The number of nitrogens with zero attached hydrogens (tertiary/aromatic N) is 1. The van der Waals surface area contributed by atoms with Crippen LogP contribution in [0.4, 0.5) is 4.39 Å². The van der Waals surface area contributed by atoms with Gasteiger partial charge in [0.15, 0.2) is 0 Å². The zero-order valence-electron chi connectivity index (χ0n) is 7.88. The molecule has 1 N–H and O–H groups in total. The van der Waals surface area contributed by atoms with Crippen LogP contribution < -0.4 is 5.56 Å². The first kappa shape index (κ1) is 12.0. The van der Waals surface area contributed by atoms with Gasteiger partial charge in [-0.15, -0.1) is 0 Å². The molecule has 0 amide bonds. The summed E-state index contributed by atoms with van der Waals surface area (Å²) in [5, 5.41) is 9.67. The van der Waals surface area contributed by atoms with Gasteiger partial charge in [0.2, 0.25) is 0 Å². The van der Waals surface area contributed by atoms with Crippen molar-refractivity contribution in [2.45, 2.75) is 6.61 Å². The van der Waals surface area contributed by atoms with E-state index in [9.17, 15) is 9.18 Å². The third kappa shape index (κ3) is 1.89. The van der Waals surface area contributed by atoms with Crippen molar-refractivity contribution in [3.63, 3.8) is 0 Å². The fourth-order valence-corrected chi connectivity index (χ4v) is 2.36. The maximum atomic E-state index is 13.4. The fraction of sp³-hybridized carbons (Fsp3) is 0.100. The van der Waals surface area contributed by atoms with E-state index in [1.165, 1.54) is 21.0 Å². The van der Waals surface area contributed by atoms with Gasteiger partial charge < -0.3 is 5.11 Å². The molecule has 0 aliphatic rings. The Labute approximate surface area is 113 Å². The minimum atomic E-state index is -0.419. The molecule has 0 saturated heterocycles. The molecule has 2 aromatic rings. The van der Waals surface area contributed by atoms with Crippen LogP contribution >= 0.6 is 38.8 Å². The van der Waals surface area contributed by atoms with Crippen molar-refractivity contribution in [3.05, 3.63) is 44.4 Å². The van der Waals surface area contributed by atoms with Gasteiger partial charge in [0.25, 0.3) is 5.56 Å². The summed E-state index contributed by atoms with van der Waals surface area (Å²) in [7, 11) is 0. The number of aromatic nitrogens is 1. The highest BCUT2D eigenvalue weighted by atomic mass is 127. The normalized spacial score (nSPS) is 11.0. The number of hydrogen-bond donors (Lipinski definition) is 1. The van der Waals surface area contributed by atoms with Crippen molar-refractivity contribution in [2.24, 2.45) is 0 Å². The van der Waals surface area contributed by atoms with Crippen LogP contribution in [0.5, 0.6) is 0 Å². The second-order valence-corrected chi connectivity index (χ2v) is 5.05. The third-order valence-electron chi connectivity index (χ3n) is 2.26. The summed E-state index contributed by atoms with van der Waals surface area (Å²) < 4.78 is 15.1.